The summed E-state index contributed by atoms with van der Waals surface area (Å²) < 4.78 is 0. The molecule has 0 fully saturated rings. The van der Waals surface area contributed by atoms with Crippen molar-refractivity contribution in [2.45, 2.75) is 78.1 Å². The van der Waals surface area contributed by atoms with Gasteiger partial charge in [-0.15, -0.1) is 0 Å². The van der Waals surface area contributed by atoms with Crippen LogP contribution in [0.15, 0.2) is 24.3 Å². The fraction of sp³-hybridized carbons (Fsp3) is 0.667. The molecule has 1 aromatic carbocycles. The number of unbranched alkanes of at least 4 members (excludes halogenated alkanes) is 8. The van der Waals surface area contributed by atoms with Crippen molar-refractivity contribution in [2.24, 2.45) is 0 Å². The number of rotatable bonds is 10. The molecule has 0 aromatic heterocycles. The zero-order valence-electron chi connectivity index (χ0n) is 12.4. The van der Waals surface area contributed by atoms with Crippen LogP contribution < -0.4 is 0 Å². The molecule has 0 aliphatic rings. The number of hydrogen-bond acceptors (Lipinski definition) is 0. The van der Waals surface area contributed by atoms with Gasteiger partial charge in [0, 0.05) is 0 Å². The molecule has 0 atom stereocenters. The summed E-state index contributed by atoms with van der Waals surface area (Å²) in [5, 5.41) is 0. The monoisotopic (exact) mass is 246 g/mol. The fourth-order valence-electron chi connectivity index (χ4n) is 2.52. The molecule has 0 aliphatic carbocycles. The maximum Gasteiger partial charge on any atom is -0.0276 e. The molecular formula is C18H30. The summed E-state index contributed by atoms with van der Waals surface area (Å²) in [7, 11) is 0. The van der Waals surface area contributed by atoms with Gasteiger partial charge in [-0.2, -0.15) is 0 Å². The topological polar surface area (TPSA) is 0 Å². The van der Waals surface area contributed by atoms with Gasteiger partial charge in [-0.3, -0.25) is 0 Å². The van der Waals surface area contributed by atoms with Crippen molar-refractivity contribution in [1.29, 1.82) is 0 Å². The molecular weight excluding hydrogens is 216 g/mol. The molecule has 0 saturated carbocycles. The Kier molecular flexibility index (Phi) is 8.63. The van der Waals surface area contributed by atoms with Gasteiger partial charge < -0.3 is 0 Å². The molecule has 0 N–H and O–H groups in total. The highest BCUT2D eigenvalue weighted by atomic mass is 14.0. The van der Waals surface area contributed by atoms with Crippen LogP contribution in [0, 0.1) is 6.92 Å². The van der Waals surface area contributed by atoms with Gasteiger partial charge >= 0.3 is 0 Å². The van der Waals surface area contributed by atoms with Crippen LogP contribution in [0.5, 0.6) is 0 Å². The standard InChI is InChI=1S/C18H30/c1-3-4-5-6-7-8-9-10-11-15-18-16-13-12-14-17(18)2/h12-14,16H,3-11,15H2,1-2H3. The van der Waals surface area contributed by atoms with Crippen LogP contribution in [0.1, 0.15) is 75.8 Å². The molecule has 0 radical (unpaired) electrons. The highest BCUT2D eigenvalue weighted by molar-refractivity contribution is 5.25. The molecule has 0 aliphatic heterocycles. The number of aryl methyl sites for hydroxylation is 2. The fourth-order valence-corrected chi connectivity index (χ4v) is 2.52. The van der Waals surface area contributed by atoms with Gasteiger partial charge in [0.05, 0.1) is 0 Å². The van der Waals surface area contributed by atoms with E-state index in [4.69, 9.17) is 0 Å². The van der Waals surface area contributed by atoms with Crippen molar-refractivity contribution in [1.82, 2.24) is 0 Å². The lowest BCUT2D eigenvalue weighted by Crippen LogP contribution is -1.89. The molecule has 0 heterocycles. The molecule has 0 amide bonds. The van der Waals surface area contributed by atoms with Crippen LogP contribution in [0.25, 0.3) is 0 Å². The third-order valence-electron chi connectivity index (χ3n) is 3.81. The third kappa shape index (κ3) is 6.83. The zero-order valence-corrected chi connectivity index (χ0v) is 12.4. The highest BCUT2D eigenvalue weighted by Gasteiger charge is 1.97. The van der Waals surface area contributed by atoms with E-state index in [2.05, 4.69) is 38.1 Å². The Bertz CT molecular complexity index is 301. The van der Waals surface area contributed by atoms with E-state index in [1.165, 1.54) is 69.8 Å². The summed E-state index contributed by atoms with van der Waals surface area (Å²) in [6, 6.07) is 8.80. The average Bonchev–Trinajstić information content (AvgIpc) is 2.39. The molecule has 0 bridgehead atoms. The van der Waals surface area contributed by atoms with Crippen molar-refractivity contribution in [3.05, 3.63) is 35.4 Å². The van der Waals surface area contributed by atoms with Gasteiger partial charge in [0.2, 0.25) is 0 Å². The van der Waals surface area contributed by atoms with E-state index < -0.39 is 0 Å². The second-order valence-corrected chi connectivity index (χ2v) is 5.50. The van der Waals surface area contributed by atoms with Gasteiger partial charge in [0.1, 0.15) is 0 Å². The van der Waals surface area contributed by atoms with Gasteiger partial charge in [-0.25, -0.2) is 0 Å². The minimum atomic E-state index is 1.27. The Morgan fingerprint density at radius 2 is 1.28 bits per heavy atom. The minimum Gasteiger partial charge on any atom is -0.0654 e. The number of hydrogen-bond donors (Lipinski definition) is 0. The van der Waals surface area contributed by atoms with Gasteiger partial charge in [-0.05, 0) is 30.9 Å². The molecule has 0 nitrogen and oxygen atoms in total. The average molecular weight is 246 g/mol. The summed E-state index contributed by atoms with van der Waals surface area (Å²) in [6.07, 6.45) is 14.0. The summed E-state index contributed by atoms with van der Waals surface area (Å²) in [6.45, 7) is 4.51. The quantitative estimate of drug-likeness (QED) is 0.440. The van der Waals surface area contributed by atoms with Crippen molar-refractivity contribution in [2.75, 3.05) is 0 Å². The summed E-state index contributed by atoms with van der Waals surface area (Å²) >= 11 is 0. The summed E-state index contributed by atoms with van der Waals surface area (Å²) in [5.41, 5.74) is 3.00. The Balaban J connectivity index is 1.94. The van der Waals surface area contributed by atoms with Crippen LogP contribution in [-0.4, -0.2) is 0 Å². The second-order valence-electron chi connectivity index (χ2n) is 5.50. The first-order valence-corrected chi connectivity index (χ1v) is 7.89. The molecule has 0 saturated heterocycles. The van der Waals surface area contributed by atoms with E-state index in [0.29, 0.717) is 0 Å². The lowest BCUT2D eigenvalue weighted by atomic mass is 10.0. The molecule has 1 aromatic rings. The molecule has 0 unspecified atom stereocenters. The number of benzene rings is 1. The van der Waals surface area contributed by atoms with Crippen molar-refractivity contribution in [3.8, 4) is 0 Å². The summed E-state index contributed by atoms with van der Waals surface area (Å²) in [4.78, 5) is 0. The van der Waals surface area contributed by atoms with Crippen LogP contribution >= 0.6 is 0 Å². The largest absolute Gasteiger partial charge is 0.0654 e. The SMILES string of the molecule is CCCCCCCCCCCc1ccccc1C. The second kappa shape index (κ2) is 10.2. The van der Waals surface area contributed by atoms with Crippen LogP contribution in [0.2, 0.25) is 0 Å². The Morgan fingerprint density at radius 3 is 1.89 bits per heavy atom. The predicted molar refractivity (Wildman–Crippen MR) is 82.1 cm³/mol. The van der Waals surface area contributed by atoms with Crippen LogP contribution in [0.4, 0.5) is 0 Å². The van der Waals surface area contributed by atoms with E-state index in [1.54, 1.807) is 5.56 Å². The van der Waals surface area contributed by atoms with Gasteiger partial charge in [0.25, 0.3) is 0 Å². The zero-order chi connectivity index (χ0) is 13.1. The maximum absolute atomic E-state index is 2.28. The summed E-state index contributed by atoms with van der Waals surface area (Å²) in [5.74, 6) is 0. The van der Waals surface area contributed by atoms with Gasteiger partial charge in [0.15, 0.2) is 0 Å². The molecule has 18 heavy (non-hydrogen) atoms. The van der Waals surface area contributed by atoms with Gasteiger partial charge in [-0.1, -0.05) is 82.6 Å². The lowest BCUT2D eigenvalue weighted by molar-refractivity contribution is 0.564. The molecule has 102 valence electrons. The highest BCUT2D eigenvalue weighted by Crippen LogP contribution is 2.13. The minimum absolute atomic E-state index is 1.27. The first kappa shape index (κ1) is 15.3. The lowest BCUT2D eigenvalue weighted by Gasteiger charge is -2.05. The smallest absolute Gasteiger partial charge is 0.0276 e. The first-order chi connectivity index (χ1) is 8.84. The van der Waals surface area contributed by atoms with E-state index in [0.717, 1.165) is 0 Å². The third-order valence-corrected chi connectivity index (χ3v) is 3.81. The van der Waals surface area contributed by atoms with Crippen LogP contribution in [-0.2, 0) is 6.42 Å². The van der Waals surface area contributed by atoms with Crippen LogP contribution in [0.3, 0.4) is 0 Å². The molecule has 0 heteroatoms. The van der Waals surface area contributed by atoms with E-state index in [1.807, 2.05) is 0 Å². The first-order valence-electron chi connectivity index (χ1n) is 7.89. The van der Waals surface area contributed by atoms with E-state index in [9.17, 15) is 0 Å². The predicted octanol–water partition coefficient (Wildman–Crippen LogP) is 6.07. The van der Waals surface area contributed by atoms with E-state index >= 15 is 0 Å². The normalized spacial score (nSPS) is 10.8. The Labute approximate surface area is 114 Å². The maximum atomic E-state index is 2.28. The Morgan fingerprint density at radius 1 is 0.722 bits per heavy atom. The van der Waals surface area contributed by atoms with Crippen molar-refractivity contribution < 1.29 is 0 Å². The molecule has 1 rings (SSSR count). The van der Waals surface area contributed by atoms with Crippen molar-refractivity contribution >= 4 is 0 Å². The Hall–Kier alpha value is -0.780. The molecule has 0 spiro atoms. The van der Waals surface area contributed by atoms with Crippen molar-refractivity contribution in [3.63, 3.8) is 0 Å². The van der Waals surface area contributed by atoms with E-state index in [-0.39, 0.29) is 0 Å².